The topological polar surface area (TPSA) is 122 Å². The minimum absolute atomic E-state index is 0.0124. The number of fused-ring (bicyclic) bond motifs is 4. The van der Waals surface area contributed by atoms with Crippen molar-refractivity contribution >= 4 is 17.9 Å². The Labute approximate surface area is 234 Å². The zero-order valence-corrected chi connectivity index (χ0v) is 23.0. The van der Waals surface area contributed by atoms with Crippen LogP contribution < -0.4 is 0 Å². The van der Waals surface area contributed by atoms with Crippen LogP contribution in [0.1, 0.15) is 76.9 Å². The number of piperidine rings is 1. The van der Waals surface area contributed by atoms with E-state index in [-0.39, 0.29) is 43.1 Å². The van der Waals surface area contributed by atoms with Crippen molar-refractivity contribution in [3.8, 4) is 0 Å². The molecular weight excluding hydrogens is 510 g/mol. The molecule has 40 heavy (non-hydrogen) atoms. The van der Waals surface area contributed by atoms with Gasteiger partial charge in [0.05, 0.1) is 18.2 Å². The first-order valence-corrected chi connectivity index (χ1v) is 14.2. The highest BCUT2D eigenvalue weighted by atomic mass is 16.4. The summed E-state index contributed by atoms with van der Waals surface area (Å²) >= 11 is 0. The smallest absolute Gasteiger partial charge is 0.407 e. The predicted octanol–water partition coefficient (Wildman–Crippen LogP) is 3.01. The molecule has 4 heterocycles. The Hall–Kier alpha value is -3.43. The Morgan fingerprint density at radius 2 is 1.73 bits per heavy atom. The van der Waals surface area contributed by atoms with Crippen molar-refractivity contribution < 1.29 is 29.7 Å². The number of hydrogen-bond donors (Lipinski definition) is 3. The molecule has 9 nitrogen and oxygen atoms in total. The lowest BCUT2D eigenvalue weighted by Gasteiger charge is -2.43. The van der Waals surface area contributed by atoms with E-state index in [1.165, 1.54) is 4.90 Å². The number of hydrogen-bond acceptors (Lipinski definition) is 5. The Balaban J connectivity index is 1.22. The van der Waals surface area contributed by atoms with Crippen LogP contribution in [0.3, 0.4) is 0 Å². The highest BCUT2D eigenvalue weighted by Crippen LogP contribution is 2.39. The summed E-state index contributed by atoms with van der Waals surface area (Å²) in [4.78, 5) is 44.1. The Morgan fingerprint density at radius 3 is 2.40 bits per heavy atom. The summed E-state index contributed by atoms with van der Waals surface area (Å²) in [7, 11) is 0. The monoisotopic (exact) mass is 547 g/mol. The van der Waals surface area contributed by atoms with Gasteiger partial charge in [-0.2, -0.15) is 0 Å². The van der Waals surface area contributed by atoms with Crippen LogP contribution in [0.5, 0.6) is 0 Å². The van der Waals surface area contributed by atoms with Gasteiger partial charge in [-0.1, -0.05) is 38.1 Å². The molecule has 2 bridgehead atoms. The third-order valence-electron chi connectivity index (χ3n) is 9.43. The number of amides is 3. The zero-order chi connectivity index (χ0) is 28.3. The maximum atomic E-state index is 13.6. The Kier molecular flexibility index (Phi) is 6.62. The number of nitrogens with zero attached hydrogens (tertiary/aromatic N) is 3. The van der Waals surface area contributed by atoms with Gasteiger partial charge in [-0.15, -0.1) is 0 Å². The maximum absolute atomic E-state index is 13.6. The van der Waals surface area contributed by atoms with Crippen LogP contribution >= 0.6 is 0 Å². The molecule has 2 fully saturated rings. The average Bonchev–Trinajstić information content (AvgIpc) is 3.20. The van der Waals surface area contributed by atoms with Gasteiger partial charge < -0.3 is 25.1 Å². The molecule has 0 saturated carbocycles. The summed E-state index contributed by atoms with van der Waals surface area (Å²) in [5.41, 5.74) is 3.31. The number of β-amino-alcohol motifs (C(OH)–C–C–N with tert-alkyl or cyclic N) is 1. The molecule has 6 rings (SSSR count). The van der Waals surface area contributed by atoms with Gasteiger partial charge in [0.2, 0.25) is 0 Å². The van der Waals surface area contributed by atoms with E-state index in [9.17, 15) is 29.7 Å². The summed E-state index contributed by atoms with van der Waals surface area (Å²) in [5, 5.41) is 31.3. The van der Waals surface area contributed by atoms with E-state index in [1.54, 1.807) is 17.0 Å². The van der Waals surface area contributed by atoms with Crippen LogP contribution in [0.4, 0.5) is 4.79 Å². The van der Waals surface area contributed by atoms with E-state index in [2.05, 4.69) is 0 Å². The van der Waals surface area contributed by atoms with E-state index in [0.29, 0.717) is 36.9 Å². The largest absolute Gasteiger partial charge is 0.465 e. The SMILES string of the molecule is CC1(C)CN(CC(O)[C@@H]2Cc3ccccc3CN2C(=O)O)C(=O)c2ccc(C(=O)N3[C@@H]4CC[C@H]3C[C@@H](O)C4)cc21. The van der Waals surface area contributed by atoms with Crippen molar-refractivity contribution in [3.05, 3.63) is 70.3 Å². The number of carbonyl (C=O) groups excluding carboxylic acids is 2. The second kappa shape index (κ2) is 9.89. The molecular formula is C31H37N3O6. The van der Waals surface area contributed by atoms with Crippen LogP contribution in [0.15, 0.2) is 42.5 Å². The molecule has 212 valence electrons. The first-order chi connectivity index (χ1) is 19.0. The molecule has 1 unspecified atom stereocenters. The standard InChI is InChI=1S/C31H37N3O6/c1-31(2)17-32(16-27(36)26-12-18-5-3-4-6-20(18)15-33(26)30(39)40)29(38)24-10-7-19(11-25(24)31)28(37)34-21-8-9-22(34)14-23(35)13-21/h3-7,10-11,21-23,26-27,35-36H,8-9,12-17H2,1-2H3,(H,39,40)/t21-,22+,23+,26-,27?/m0/s1. The van der Waals surface area contributed by atoms with Gasteiger partial charge in [-0.05, 0) is 67.0 Å². The average molecular weight is 548 g/mol. The second-order valence-corrected chi connectivity index (χ2v) is 12.6. The quantitative estimate of drug-likeness (QED) is 0.541. The number of benzene rings is 2. The lowest BCUT2D eigenvalue weighted by Crippen LogP contribution is -2.56. The molecule has 2 saturated heterocycles. The molecule has 0 radical (unpaired) electrons. The van der Waals surface area contributed by atoms with E-state index in [1.807, 2.05) is 49.1 Å². The summed E-state index contributed by atoms with van der Waals surface area (Å²) in [6.07, 6.45) is 0.915. The van der Waals surface area contributed by atoms with Gasteiger partial charge >= 0.3 is 6.09 Å². The molecule has 0 aliphatic carbocycles. The fraction of sp³-hybridized carbons (Fsp3) is 0.516. The van der Waals surface area contributed by atoms with E-state index >= 15 is 0 Å². The maximum Gasteiger partial charge on any atom is 0.407 e. The minimum atomic E-state index is -1.09. The highest BCUT2D eigenvalue weighted by molar-refractivity contribution is 6.00. The van der Waals surface area contributed by atoms with Crippen molar-refractivity contribution in [2.24, 2.45) is 0 Å². The van der Waals surface area contributed by atoms with Crippen molar-refractivity contribution in [1.82, 2.24) is 14.7 Å². The lowest BCUT2D eigenvalue weighted by molar-refractivity contribution is 0.0132. The first-order valence-electron chi connectivity index (χ1n) is 14.2. The van der Waals surface area contributed by atoms with Crippen LogP contribution in [0.2, 0.25) is 0 Å². The van der Waals surface area contributed by atoms with Crippen molar-refractivity contribution in [3.63, 3.8) is 0 Å². The van der Waals surface area contributed by atoms with Gasteiger partial charge in [0, 0.05) is 48.3 Å². The van der Waals surface area contributed by atoms with E-state index in [0.717, 1.165) is 29.5 Å². The van der Waals surface area contributed by atoms with Crippen LogP contribution in [0, 0.1) is 0 Å². The number of carbonyl (C=O) groups is 3. The van der Waals surface area contributed by atoms with Crippen LogP contribution in [0.25, 0.3) is 0 Å². The van der Waals surface area contributed by atoms with E-state index in [4.69, 9.17) is 0 Å². The molecule has 2 aromatic rings. The molecule has 4 aliphatic heterocycles. The van der Waals surface area contributed by atoms with Gasteiger partial charge in [0.15, 0.2) is 0 Å². The van der Waals surface area contributed by atoms with Crippen LogP contribution in [-0.4, -0.2) is 91.3 Å². The second-order valence-electron chi connectivity index (χ2n) is 12.6. The van der Waals surface area contributed by atoms with Gasteiger partial charge in [-0.25, -0.2) is 4.79 Å². The first kappa shape index (κ1) is 26.8. The fourth-order valence-electron chi connectivity index (χ4n) is 7.45. The predicted molar refractivity (Wildman–Crippen MR) is 147 cm³/mol. The van der Waals surface area contributed by atoms with Crippen molar-refractivity contribution in [2.75, 3.05) is 13.1 Å². The van der Waals surface area contributed by atoms with Crippen molar-refractivity contribution in [2.45, 2.75) is 88.2 Å². The Morgan fingerprint density at radius 1 is 1.05 bits per heavy atom. The summed E-state index contributed by atoms with van der Waals surface area (Å²) in [6.45, 7) is 4.59. The summed E-state index contributed by atoms with van der Waals surface area (Å²) in [6, 6.07) is 12.4. The number of rotatable bonds is 4. The fourth-order valence-corrected chi connectivity index (χ4v) is 7.45. The van der Waals surface area contributed by atoms with E-state index < -0.39 is 23.7 Å². The molecule has 0 aromatic heterocycles. The third kappa shape index (κ3) is 4.55. The summed E-state index contributed by atoms with van der Waals surface area (Å²) < 4.78 is 0. The van der Waals surface area contributed by atoms with Gasteiger partial charge in [-0.3, -0.25) is 14.5 Å². The number of carboxylic acid groups (broad SMARTS) is 1. The van der Waals surface area contributed by atoms with Gasteiger partial charge in [0.1, 0.15) is 0 Å². The third-order valence-corrected chi connectivity index (χ3v) is 9.43. The Bertz CT molecular complexity index is 1340. The molecule has 5 atom stereocenters. The zero-order valence-electron chi connectivity index (χ0n) is 23.0. The lowest BCUT2D eigenvalue weighted by atomic mass is 9.77. The van der Waals surface area contributed by atoms with Gasteiger partial charge in [0.25, 0.3) is 11.8 Å². The molecule has 3 amide bonds. The van der Waals surface area contributed by atoms with Crippen molar-refractivity contribution in [1.29, 1.82) is 0 Å². The minimum Gasteiger partial charge on any atom is -0.465 e. The molecule has 9 heteroatoms. The molecule has 2 aromatic carbocycles. The summed E-state index contributed by atoms with van der Waals surface area (Å²) in [5.74, 6) is -0.277. The molecule has 0 spiro atoms. The molecule has 4 aliphatic rings. The molecule has 3 N–H and O–H groups in total. The normalized spacial score (nSPS) is 27.7. The number of aliphatic hydroxyl groups is 2. The van der Waals surface area contributed by atoms with Crippen LogP contribution in [-0.2, 0) is 18.4 Å². The highest BCUT2D eigenvalue weighted by Gasteiger charge is 2.44. The number of aliphatic hydroxyl groups excluding tert-OH is 2.